The number of rotatable bonds is 7. The summed E-state index contributed by atoms with van der Waals surface area (Å²) in [5, 5.41) is 0. The molecule has 1 aliphatic rings. The average molecular weight is 370 g/mol. The van der Waals surface area contributed by atoms with Crippen LogP contribution >= 0.6 is 0 Å². The first kappa shape index (κ1) is 21.6. The van der Waals surface area contributed by atoms with E-state index in [1.165, 1.54) is 0 Å². The predicted molar refractivity (Wildman–Crippen MR) is 102 cm³/mol. The smallest absolute Gasteiger partial charge is 0.248 e. The lowest BCUT2D eigenvalue weighted by Crippen LogP contribution is -2.49. The minimum absolute atomic E-state index is 0.317. The van der Waals surface area contributed by atoms with Gasteiger partial charge in [0, 0.05) is 31.7 Å². The summed E-state index contributed by atoms with van der Waals surface area (Å²) in [6, 6.07) is 8.76. The third kappa shape index (κ3) is 7.98. The van der Waals surface area contributed by atoms with Crippen LogP contribution < -0.4 is 5.73 Å². The Morgan fingerprint density at radius 1 is 1.04 bits per heavy atom. The maximum Gasteiger partial charge on any atom is 0.248 e. The summed E-state index contributed by atoms with van der Waals surface area (Å²) in [6.45, 7) is 8.39. The second kappa shape index (κ2) is 11.2. The van der Waals surface area contributed by atoms with Crippen molar-refractivity contribution in [2.24, 2.45) is 5.73 Å². The zero-order valence-corrected chi connectivity index (χ0v) is 16.2. The molecule has 2 N–H and O–H groups in total. The van der Waals surface area contributed by atoms with E-state index in [0.717, 1.165) is 38.9 Å². The van der Waals surface area contributed by atoms with Crippen LogP contribution in [-0.4, -0.2) is 62.0 Å². The molecule has 142 valence electrons. The van der Waals surface area contributed by atoms with Gasteiger partial charge >= 0.3 is 0 Å². The number of piperazine rings is 1. The molecule has 0 saturated carbocycles. The second-order valence-electron chi connectivity index (χ2n) is 6.14. The number of carbonyl (C=O) groups is 1. The van der Waals surface area contributed by atoms with Gasteiger partial charge in [0.15, 0.2) is 0 Å². The summed E-state index contributed by atoms with van der Waals surface area (Å²) >= 11 is 0. The Labute approximate surface area is 152 Å². The van der Waals surface area contributed by atoms with Gasteiger partial charge in [0.2, 0.25) is 15.9 Å². The van der Waals surface area contributed by atoms with Crippen molar-refractivity contribution >= 4 is 15.9 Å². The van der Waals surface area contributed by atoms with Crippen molar-refractivity contribution in [2.45, 2.75) is 33.1 Å². The molecule has 1 amide bonds. The fourth-order valence-corrected chi connectivity index (χ4v) is 4.24. The van der Waals surface area contributed by atoms with E-state index in [0.29, 0.717) is 24.4 Å². The minimum Gasteiger partial charge on any atom is -0.366 e. The molecule has 0 atom stereocenters. The zero-order valence-electron chi connectivity index (χ0n) is 15.4. The zero-order chi connectivity index (χ0) is 18.7. The summed E-state index contributed by atoms with van der Waals surface area (Å²) in [7, 11) is -2.98. The number of primary amides is 1. The fraction of sp³-hybridized carbons (Fsp3) is 0.611. The molecule has 1 heterocycles. The SMILES string of the molecule is CCCCS(=O)(=O)N1CCN(CCC)CC1.NC(=O)c1ccccc1. The predicted octanol–water partition coefficient (Wildman–Crippen LogP) is 1.93. The van der Waals surface area contributed by atoms with Gasteiger partial charge in [-0.2, -0.15) is 4.31 Å². The van der Waals surface area contributed by atoms with Crippen LogP contribution in [0.25, 0.3) is 0 Å². The molecule has 0 aromatic heterocycles. The quantitative estimate of drug-likeness (QED) is 0.796. The number of hydrogen-bond acceptors (Lipinski definition) is 4. The highest BCUT2D eigenvalue weighted by molar-refractivity contribution is 7.89. The van der Waals surface area contributed by atoms with Crippen molar-refractivity contribution in [1.82, 2.24) is 9.21 Å². The van der Waals surface area contributed by atoms with Gasteiger partial charge in [0.05, 0.1) is 5.75 Å². The molecular weight excluding hydrogens is 338 g/mol. The number of sulfonamides is 1. The number of hydrogen-bond donors (Lipinski definition) is 1. The fourth-order valence-electron chi connectivity index (χ4n) is 2.61. The van der Waals surface area contributed by atoms with Crippen LogP contribution in [0.3, 0.4) is 0 Å². The number of unbranched alkanes of at least 4 members (excludes halogenated alkanes) is 1. The van der Waals surface area contributed by atoms with Gasteiger partial charge in [-0.15, -0.1) is 0 Å². The Kier molecular flexibility index (Phi) is 9.70. The van der Waals surface area contributed by atoms with Gasteiger partial charge in [-0.1, -0.05) is 38.5 Å². The van der Waals surface area contributed by atoms with E-state index in [-0.39, 0.29) is 5.91 Å². The van der Waals surface area contributed by atoms with E-state index in [9.17, 15) is 13.2 Å². The first-order valence-corrected chi connectivity index (χ1v) is 10.6. The van der Waals surface area contributed by atoms with Crippen LogP contribution in [-0.2, 0) is 10.0 Å². The molecule has 0 aliphatic carbocycles. The average Bonchev–Trinajstić information content (AvgIpc) is 2.62. The minimum atomic E-state index is -2.98. The van der Waals surface area contributed by atoms with Gasteiger partial charge in [-0.05, 0) is 31.5 Å². The van der Waals surface area contributed by atoms with Crippen LogP contribution in [0.4, 0.5) is 0 Å². The van der Waals surface area contributed by atoms with Crippen LogP contribution in [0, 0.1) is 0 Å². The van der Waals surface area contributed by atoms with Crippen LogP contribution in [0.15, 0.2) is 30.3 Å². The van der Waals surface area contributed by atoms with Crippen molar-refractivity contribution in [1.29, 1.82) is 0 Å². The van der Waals surface area contributed by atoms with E-state index in [4.69, 9.17) is 5.73 Å². The van der Waals surface area contributed by atoms with Crippen LogP contribution in [0.5, 0.6) is 0 Å². The Balaban J connectivity index is 0.000000293. The van der Waals surface area contributed by atoms with Crippen molar-refractivity contribution in [2.75, 3.05) is 38.5 Å². The van der Waals surface area contributed by atoms with Gasteiger partial charge in [0.1, 0.15) is 0 Å². The normalized spacial score (nSPS) is 16.1. The molecule has 1 aliphatic heterocycles. The molecule has 2 rings (SSSR count). The number of carbonyl (C=O) groups excluding carboxylic acids is 1. The van der Waals surface area contributed by atoms with Crippen LogP contribution in [0.1, 0.15) is 43.5 Å². The maximum absolute atomic E-state index is 11.9. The summed E-state index contributed by atoms with van der Waals surface area (Å²) < 4.78 is 25.5. The van der Waals surface area contributed by atoms with Gasteiger partial charge < -0.3 is 10.6 Å². The first-order chi connectivity index (χ1) is 11.9. The largest absolute Gasteiger partial charge is 0.366 e. The first-order valence-electron chi connectivity index (χ1n) is 8.95. The lowest BCUT2D eigenvalue weighted by atomic mass is 10.2. The standard InChI is InChI=1S/C11H24N2O2S.C7H7NO/c1-3-5-11-16(14,15)13-9-7-12(6-4-2)8-10-13;8-7(9)6-4-2-1-3-5-6/h3-11H2,1-2H3;1-5H,(H2,8,9). The molecule has 0 unspecified atom stereocenters. The molecule has 0 bridgehead atoms. The van der Waals surface area contributed by atoms with Crippen molar-refractivity contribution in [3.63, 3.8) is 0 Å². The molecule has 0 spiro atoms. The Morgan fingerprint density at radius 3 is 2.08 bits per heavy atom. The highest BCUT2D eigenvalue weighted by Crippen LogP contribution is 2.10. The summed E-state index contributed by atoms with van der Waals surface area (Å²) in [6.07, 6.45) is 2.86. The molecule has 25 heavy (non-hydrogen) atoms. The maximum atomic E-state index is 11.9. The highest BCUT2D eigenvalue weighted by atomic mass is 32.2. The van der Waals surface area contributed by atoms with E-state index < -0.39 is 10.0 Å². The van der Waals surface area contributed by atoms with Gasteiger partial charge in [-0.3, -0.25) is 4.79 Å². The Morgan fingerprint density at radius 2 is 1.64 bits per heavy atom. The highest BCUT2D eigenvalue weighted by Gasteiger charge is 2.25. The second-order valence-corrected chi connectivity index (χ2v) is 8.23. The van der Waals surface area contributed by atoms with Gasteiger partial charge in [-0.25, -0.2) is 8.42 Å². The Hall–Kier alpha value is -1.44. The third-order valence-electron chi connectivity index (χ3n) is 4.08. The van der Waals surface area contributed by atoms with E-state index in [1.807, 2.05) is 13.0 Å². The molecule has 1 fully saturated rings. The summed E-state index contributed by atoms with van der Waals surface area (Å²) in [5.74, 6) is -0.0623. The molecule has 0 radical (unpaired) electrons. The topological polar surface area (TPSA) is 83.7 Å². The summed E-state index contributed by atoms with van der Waals surface area (Å²) in [5.41, 5.74) is 5.53. The van der Waals surface area contributed by atoms with E-state index in [2.05, 4.69) is 11.8 Å². The van der Waals surface area contributed by atoms with Crippen molar-refractivity contribution < 1.29 is 13.2 Å². The number of nitrogens with two attached hydrogens (primary N) is 1. The lowest BCUT2D eigenvalue weighted by Gasteiger charge is -2.33. The van der Waals surface area contributed by atoms with Crippen molar-refractivity contribution in [3.05, 3.63) is 35.9 Å². The van der Waals surface area contributed by atoms with Crippen molar-refractivity contribution in [3.8, 4) is 0 Å². The summed E-state index contributed by atoms with van der Waals surface area (Å²) in [4.78, 5) is 12.8. The molecule has 1 aromatic rings. The number of nitrogens with zero attached hydrogens (tertiary/aromatic N) is 2. The number of amides is 1. The molecule has 1 saturated heterocycles. The van der Waals surface area contributed by atoms with E-state index >= 15 is 0 Å². The molecular formula is C18H31N3O3S. The monoisotopic (exact) mass is 369 g/mol. The molecule has 7 heteroatoms. The Bertz CT molecular complexity index is 597. The van der Waals surface area contributed by atoms with Gasteiger partial charge in [0.25, 0.3) is 0 Å². The number of benzene rings is 1. The van der Waals surface area contributed by atoms with Crippen LogP contribution in [0.2, 0.25) is 0 Å². The third-order valence-corrected chi connectivity index (χ3v) is 6.04. The molecule has 1 aromatic carbocycles. The molecule has 6 nitrogen and oxygen atoms in total. The van der Waals surface area contributed by atoms with E-state index in [1.54, 1.807) is 28.6 Å². The lowest BCUT2D eigenvalue weighted by molar-refractivity contribution is 0.100.